The molecule has 6 heteroatoms. The highest BCUT2D eigenvalue weighted by Gasteiger charge is 2.13. The number of hydrogen-bond acceptors (Lipinski definition) is 3. The van der Waals surface area contributed by atoms with Gasteiger partial charge in [0, 0.05) is 32.4 Å². The van der Waals surface area contributed by atoms with Gasteiger partial charge in [-0.2, -0.15) is 0 Å². The van der Waals surface area contributed by atoms with Gasteiger partial charge in [-0.1, -0.05) is 0 Å². The molecule has 0 saturated heterocycles. The minimum atomic E-state index is -0.121. The average molecular weight is 277 g/mol. The van der Waals surface area contributed by atoms with E-state index in [4.69, 9.17) is 0 Å². The second kappa shape index (κ2) is 6.19. The van der Waals surface area contributed by atoms with Crippen LogP contribution in [0.2, 0.25) is 0 Å². The maximum atomic E-state index is 12.0. The smallest absolute Gasteiger partial charge is 0.263 e. The van der Waals surface area contributed by atoms with Crippen molar-refractivity contribution in [2.24, 2.45) is 0 Å². The molecular formula is C13H15N3O2S. The highest BCUT2D eigenvalue weighted by molar-refractivity contribution is 7.12. The Kier molecular flexibility index (Phi) is 4.35. The van der Waals surface area contributed by atoms with Gasteiger partial charge in [0.2, 0.25) is 5.91 Å². The lowest BCUT2D eigenvalue weighted by Gasteiger charge is -2.07. The Morgan fingerprint density at radius 3 is 2.58 bits per heavy atom. The molecule has 100 valence electrons. The molecule has 2 rings (SSSR count). The average Bonchev–Trinajstić information content (AvgIpc) is 3.02. The van der Waals surface area contributed by atoms with Gasteiger partial charge in [0.15, 0.2) is 0 Å². The molecule has 0 spiro atoms. The zero-order chi connectivity index (χ0) is 13.7. The Labute approximate surface area is 115 Å². The number of aromatic nitrogens is 1. The van der Waals surface area contributed by atoms with E-state index in [2.05, 4.69) is 10.6 Å². The molecule has 0 atom stereocenters. The lowest BCUT2D eigenvalue weighted by molar-refractivity contribution is -0.118. The van der Waals surface area contributed by atoms with Crippen molar-refractivity contribution in [3.8, 4) is 5.69 Å². The van der Waals surface area contributed by atoms with E-state index in [1.165, 1.54) is 18.3 Å². The minimum absolute atomic E-state index is 0.0987. The number of nitrogens with zero attached hydrogens (tertiary/aromatic N) is 1. The third-order valence-corrected chi connectivity index (χ3v) is 3.42. The zero-order valence-electron chi connectivity index (χ0n) is 10.6. The van der Waals surface area contributed by atoms with Gasteiger partial charge in [-0.05, 0) is 23.6 Å². The molecule has 0 aromatic carbocycles. The van der Waals surface area contributed by atoms with E-state index in [1.807, 2.05) is 40.5 Å². The maximum absolute atomic E-state index is 12.0. The zero-order valence-corrected chi connectivity index (χ0v) is 11.4. The molecule has 19 heavy (non-hydrogen) atoms. The number of carbonyl (C=O) groups is 2. The quantitative estimate of drug-likeness (QED) is 0.812. The van der Waals surface area contributed by atoms with Crippen molar-refractivity contribution in [1.82, 2.24) is 15.2 Å². The first-order valence-corrected chi connectivity index (χ1v) is 6.80. The number of carbonyl (C=O) groups excluding carboxylic acids is 2. The van der Waals surface area contributed by atoms with Crippen LogP contribution < -0.4 is 10.6 Å². The summed E-state index contributed by atoms with van der Waals surface area (Å²) in [5.74, 6) is -0.220. The molecular weight excluding hydrogens is 262 g/mol. The summed E-state index contributed by atoms with van der Waals surface area (Å²) in [6, 6.07) is 5.74. The molecule has 0 radical (unpaired) electrons. The Morgan fingerprint density at radius 2 is 1.89 bits per heavy atom. The predicted molar refractivity (Wildman–Crippen MR) is 74.7 cm³/mol. The van der Waals surface area contributed by atoms with Crippen LogP contribution in [0.25, 0.3) is 5.69 Å². The second-order valence-electron chi connectivity index (χ2n) is 3.96. The number of amides is 2. The number of thiophene rings is 1. The molecule has 2 heterocycles. The number of rotatable bonds is 5. The Morgan fingerprint density at radius 1 is 1.21 bits per heavy atom. The fourth-order valence-corrected chi connectivity index (χ4v) is 2.47. The van der Waals surface area contributed by atoms with Crippen molar-refractivity contribution >= 4 is 23.2 Å². The first-order chi connectivity index (χ1) is 9.18. The van der Waals surface area contributed by atoms with E-state index in [0.29, 0.717) is 18.0 Å². The topological polar surface area (TPSA) is 63.1 Å². The van der Waals surface area contributed by atoms with Gasteiger partial charge in [-0.25, -0.2) is 0 Å². The van der Waals surface area contributed by atoms with E-state index < -0.39 is 0 Å². The molecule has 0 aliphatic rings. The normalized spacial score (nSPS) is 10.2. The summed E-state index contributed by atoms with van der Waals surface area (Å²) in [5, 5.41) is 7.31. The molecule has 0 aliphatic carbocycles. The van der Waals surface area contributed by atoms with Crippen LogP contribution in [0.5, 0.6) is 0 Å². The fraction of sp³-hybridized carbons (Fsp3) is 0.231. The maximum Gasteiger partial charge on any atom is 0.263 e. The van der Waals surface area contributed by atoms with Crippen molar-refractivity contribution in [3.63, 3.8) is 0 Å². The molecule has 2 aromatic heterocycles. The van der Waals surface area contributed by atoms with Gasteiger partial charge in [-0.3, -0.25) is 9.59 Å². The van der Waals surface area contributed by atoms with Crippen LogP contribution in [0, 0.1) is 0 Å². The fourth-order valence-electron chi connectivity index (χ4n) is 1.67. The Bertz CT molecular complexity index is 560. The molecule has 0 saturated carbocycles. The Balaban J connectivity index is 1.97. The summed E-state index contributed by atoms with van der Waals surface area (Å²) in [4.78, 5) is 23.4. The van der Waals surface area contributed by atoms with Gasteiger partial charge in [0.05, 0.1) is 5.69 Å². The van der Waals surface area contributed by atoms with Gasteiger partial charge in [0.25, 0.3) is 5.91 Å². The summed E-state index contributed by atoms with van der Waals surface area (Å²) in [6.45, 7) is 2.30. The van der Waals surface area contributed by atoms with E-state index >= 15 is 0 Å². The summed E-state index contributed by atoms with van der Waals surface area (Å²) < 4.78 is 1.90. The third-order valence-electron chi connectivity index (χ3n) is 2.52. The van der Waals surface area contributed by atoms with Gasteiger partial charge in [0.1, 0.15) is 4.88 Å². The largest absolute Gasteiger partial charge is 0.355 e. The number of hydrogen-bond donors (Lipinski definition) is 2. The monoisotopic (exact) mass is 277 g/mol. The van der Waals surface area contributed by atoms with Crippen molar-refractivity contribution in [2.45, 2.75) is 6.92 Å². The van der Waals surface area contributed by atoms with Crippen molar-refractivity contribution in [2.75, 3.05) is 13.1 Å². The summed E-state index contributed by atoms with van der Waals surface area (Å²) in [6.07, 6.45) is 3.80. The van der Waals surface area contributed by atoms with Gasteiger partial charge < -0.3 is 15.2 Å². The van der Waals surface area contributed by atoms with Crippen LogP contribution in [0.4, 0.5) is 0 Å². The first kappa shape index (κ1) is 13.4. The standard InChI is InChI=1S/C13H15N3O2S/c1-10(17)14-5-6-15-13(18)12-11(4-9-19-12)16-7-2-3-8-16/h2-4,7-9H,5-6H2,1H3,(H,14,17)(H,15,18). The van der Waals surface area contributed by atoms with E-state index in [1.54, 1.807) is 0 Å². The molecule has 0 aliphatic heterocycles. The van der Waals surface area contributed by atoms with Crippen LogP contribution in [0.1, 0.15) is 16.6 Å². The molecule has 0 unspecified atom stereocenters. The van der Waals surface area contributed by atoms with Crippen LogP contribution >= 0.6 is 11.3 Å². The van der Waals surface area contributed by atoms with Crippen molar-refractivity contribution < 1.29 is 9.59 Å². The lowest BCUT2D eigenvalue weighted by atomic mass is 10.3. The summed E-state index contributed by atoms with van der Waals surface area (Å²) >= 11 is 1.40. The van der Waals surface area contributed by atoms with Crippen molar-refractivity contribution in [3.05, 3.63) is 40.8 Å². The summed E-state index contributed by atoms with van der Waals surface area (Å²) in [7, 11) is 0. The Hall–Kier alpha value is -2.08. The molecule has 2 amide bonds. The molecule has 0 bridgehead atoms. The molecule has 0 fully saturated rings. The minimum Gasteiger partial charge on any atom is -0.355 e. The van der Waals surface area contributed by atoms with Gasteiger partial charge >= 0.3 is 0 Å². The van der Waals surface area contributed by atoms with Crippen LogP contribution in [-0.4, -0.2) is 29.5 Å². The SMILES string of the molecule is CC(=O)NCCNC(=O)c1sccc1-n1cccc1. The molecule has 2 aromatic rings. The van der Waals surface area contributed by atoms with Crippen LogP contribution in [0.15, 0.2) is 36.0 Å². The highest BCUT2D eigenvalue weighted by Crippen LogP contribution is 2.20. The van der Waals surface area contributed by atoms with Crippen LogP contribution in [0.3, 0.4) is 0 Å². The van der Waals surface area contributed by atoms with E-state index in [0.717, 1.165) is 5.69 Å². The third kappa shape index (κ3) is 3.45. The number of nitrogens with one attached hydrogen (secondary N) is 2. The van der Waals surface area contributed by atoms with E-state index in [9.17, 15) is 9.59 Å². The van der Waals surface area contributed by atoms with E-state index in [-0.39, 0.29) is 11.8 Å². The predicted octanol–water partition coefficient (Wildman–Crippen LogP) is 1.40. The lowest BCUT2D eigenvalue weighted by Crippen LogP contribution is -2.33. The molecule has 2 N–H and O–H groups in total. The van der Waals surface area contributed by atoms with Crippen molar-refractivity contribution in [1.29, 1.82) is 0 Å². The first-order valence-electron chi connectivity index (χ1n) is 5.92. The van der Waals surface area contributed by atoms with Gasteiger partial charge in [-0.15, -0.1) is 11.3 Å². The van der Waals surface area contributed by atoms with Crippen LogP contribution in [-0.2, 0) is 4.79 Å². The summed E-state index contributed by atoms with van der Waals surface area (Å²) in [5.41, 5.74) is 0.868. The second-order valence-corrected chi connectivity index (χ2v) is 4.88. The molecule has 5 nitrogen and oxygen atoms in total. The highest BCUT2D eigenvalue weighted by atomic mass is 32.1.